The van der Waals surface area contributed by atoms with Crippen molar-refractivity contribution in [2.24, 2.45) is 0 Å². The molecule has 11 rings (SSSR count). The zero-order valence-corrected chi connectivity index (χ0v) is 34.6. The third-order valence-corrected chi connectivity index (χ3v) is 11.4. The molecular weight excluding hydrogens is 916 g/mol. The van der Waals surface area contributed by atoms with Crippen LogP contribution in [0.5, 0.6) is 0 Å². The van der Waals surface area contributed by atoms with E-state index in [-0.39, 0.29) is 21.1 Å². The number of hydrogen-bond acceptors (Lipinski definition) is 3. The molecule has 0 saturated heterocycles. The average Bonchev–Trinajstić information content (AvgIpc) is 3.87. The van der Waals surface area contributed by atoms with Gasteiger partial charge in [0.2, 0.25) is 0 Å². The number of nitrogens with zero attached hydrogens (tertiary/aromatic N) is 4. The Balaban J connectivity index is 0.00000433. The summed E-state index contributed by atoms with van der Waals surface area (Å²) in [6.45, 7) is 0. The van der Waals surface area contributed by atoms with E-state index in [1.54, 1.807) is 0 Å². The molecule has 0 unspecified atom stereocenters. The number of fused-ring (bicyclic) bond motifs is 4. The molecule has 1 N–H and O–H groups in total. The molecule has 0 fully saturated rings. The first-order valence-electron chi connectivity index (χ1n) is 19.8. The number of hydrogen-bond donors (Lipinski definition) is 0. The van der Waals surface area contributed by atoms with Gasteiger partial charge in [-0.1, -0.05) is 150 Å². The summed E-state index contributed by atoms with van der Waals surface area (Å²) < 4.78 is 2.26. The van der Waals surface area contributed by atoms with E-state index in [4.69, 9.17) is 9.92 Å². The molecule has 3 heterocycles. The van der Waals surface area contributed by atoms with E-state index in [9.17, 15) is 0 Å². The topological polar surface area (TPSA) is 37.1 Å². The maximum Gasteiger partial charge on any atom is 0.148 e. The van der Waals surface area contributed by atoms with Crippen LogP contribution in [0.4, 0.5) is 22.7 Å². The van der Waals surface area contributed by atoms with E-state index in [1.807, 2.05) is 40.6 Å². The molecule has 2 aromatic heterocycles. The molecule has 1 aliphatic rings. The van der Waals surface area contributed by atoms with Crippen molar-refractivity contribution in [3.05, 3.63) is 253 Å². The molecule has 0 spiro atoms. The molecule has 5 nitrogen and oxygen atoms in total. The minimum absolute atomic E-state index is 0. The SMILES string of the molecule is [Pt].[c-]1c(N2[OH+]N(c3ccccc3)c3ccccc32)cccc1C(c1[c-]c2c(cc1)c1ccccc1n2-c1cc(-c2ccccc2)ccn1)(c1ccccc1)c1ccccc1. The molecule has 10 aromatic rings. The molecule has 6 heteroatoms. The molecule has 0 saturated carbocycles. The normalized spacial score (nSPS) is 12.4. The van der Waals surface area contributed by atoms with E-state index in [1.165, 1.54) is 0 Å². The Kier molecular flexibility index (Phi) is 9.69. The van der Waals surface area contributed by atoms with Crippen LogP contribution < -0.4 is 10.1 Å². The van der Waals surface area contributed by atoms with Crippen molar-refractivity contribution in [1.29, 1.82) is 0 Å². The van der Waals surface area contributed by atoms with Gasteiger partial charge in [-0.15, -0.1) is 33.7 Å². The standard InChI is InChI=1S/C54H36N4O.Pt/c1-5-18-39(19-6-1)40-34-35-55-53(36-40)56-49-29-14-13-28-47(49)48-33-32-44(38-52(48)56)54(41-20-7-2-8-21-41,42-22-9-3-10-23-42)43-24-17-27-46(37-43)58-51-31-16-15-30-50(51)57(59-58)45-25-11-4-12-26-45;/h1-36H;/q-2;/p+1. The van der Waals surface area contributed by atoms with Gasteiger partial charge in [-0.05, 0) is 70.1 Å². The van der Waals surface area contributed by atoms with Gasteiger partial charge in [-0.3, -0.25) is 0 Å². The molecule has 1 aliphatic heterocycles. The summed E-state index contributed by atoms with van der Waals surface area (Å²) in [5.74, 6) is 0.835. The first-order chi connectivity index (χ1) is 29.3. The number of benzene rings is 8. The summed E-state index contributed by atoms with van der Waals surface area (Å²) >= 11 is 0. The van der Waals surface area contributed by atoms with Crippen LogP contribution in [0.1, 0.15) is 22.3 Å². The molecular formula is C54H37N4OPt-. The fraction of sp³-hybridized carbons (Fsp3) is 0.0185. The summed E-state index contributed by atoms with van der Waals surface area (Å²) in [5, 5.41) is 6.26. The van der Waals surface area contributed by atoms with Crippen molar-refractivity contribution < 1.29 is 26.0 Å². The largest absolute Gasteiger partial charge is 0.319 e. The minimum atomic E-state index is -0.828. The van der Waals surface area contributed by atoms with Gasteiger partial charge in [0, 0.05) is 43.9 Å². The third-order valence-electron chi connectivity index (χ3n) is 11.4. The van der Waals surface area contributed by atoms with Crippen molar-refractivity contribution in [3.63, 3.8) is 0 Å². The van der Waals surface area contributed by atoms with Gasteiger partial charge in [-0.2, -0.15) is 35.3 Å². The summed E-state index contributed by atoms with van der Waals surface area (Å²) in [5.41, 5.74) is 11.4. The Labute approximate surface area is 363 Å². The third kappa shape index (κ3) is 6.14. The van der Waals surface area contributed by atoms with Crippen LogP contribution in [0.2, 0.25) is 0 Å². The quantitative estimate of drug-likeness (QED) is 0.0865. The minimum Gasteiger partial charge on any atom is -0.319 e. The Morgan fingerprint density at radius 2 is 1.07 bits per heavy atom. The maximum absolute atomic E-state index is 5.19. The average molecular weight is 953 g/mol. The molecule has 8 aromatic carbocycles. The Morgan fingerprint density at radius 3 is 1.78 bits per heavy atom. The molecule has 0 radical (unpaired) electrons. The molecule has 0 aliphatic carbocycles. The number of anilines is 4. The van der Waals surface area contributed by atoms with Gasteiger partial charge in [0.15, 0.2) is 0 Å². The Hall–Kier alpha value is -7.04. The van der Waals surface area contributed by atoms with Crippen LogP contribution in [-0.4, -0.2) is 14.5 Å². The van der Waals surface area contributed by atoms with E-state index < -0.39 is 5.41 Å². The van der Waals surface area contributed by atoms with Crippen molar-refractivity contribution in [3.8, 4) is 16.9 Å². The van der Waals surface area contributed by atoms with Crippen molar-refractivity contribution in [1.82, 2.24) is 9.55 Å². The Morgan fingerprint density at radius 1 is 0.467 bits per heavy atom. The molecule has 60 heavy (non-hydrogen) atoms. The molecule has 0 bridgehead atoms. The molecule has 0 amide bonds. The van der Waals surface area contributed by atoms with E-state index >= 15 is 0 Å². The fourth-order valence-corrected chi connectivity index (χ4v) is 8.76. The second-order valence-electron chi connectivity index (χ2n) is 14.7. The van der Waals surface area contributed by atoms with E-state index in [0.29, 0.717) is 0 Å². The van der Waals surface area contributed by atoms with Gasteiger partial charge < -0.3 is 4.57 Å². The van der Waals surface area contributed by atoms with Gasteiger partial charge >= 0.3 is 0 Å². The summed E-state index contributed by atoms with van der Waals surface area (Å²) in [7, 11) is 0. The van der Waals surface area contributed by atoms with E-state index in [0.717, 1.165) is 83.8 Å². The number of aromatic nitrogens is 2. The van der Waals surface area contributed by atoms with Crippen LogP contribution in [0.3, 0.4) is 0 Å². The van der Waals surface area contributed by atoms with Crippen molar-refractivity contribution in [2.75, 3.05) is 10.1 Å². The number of rotatable bonds is 8. The molecule has 290 valence electrons. The summed E-state index contributed by atoms with van der Waals surface area (Å²) in [6.07, 6.45) is 1.90. The number of pyridine rings is 1. The van der Waals surface area contributed by atoms with Gasteiger partial charge in [-0.25, -0.2) is 4.98 Å². The second-order valence-corrected chi connectivity index (χ2v) is 14.7. The van der Waals surface area contributed by atoms with Gasteiger partial charge in [0.25, 0.3) is 0 Å². The monoisotopic (exact) mass is 952 g/mol. The Bertz CT molecular complexity index is 3060. The first kappa shape index (κ1) is 37.2. The van der Waals surface area contributed by atoms with Crippen LogP contribution in [0.15, 0.2) is 219 Å². The zero-order chi connectivity index (χ0) is 39.2. The first-order valence-corrected chi connectivity index (χ1v) is 19.8. The summed E-state index contributed by atoms with van der Waals surface area (Å²) in [4.78, 5) is 10.2. The fourth-order valence-electron chi connectivity index (χ4n) is 8.76. The predicted molar refractivity (Wildman–Crippen MR) is 239 cm³/mol. The van der Waals surface area contributed by atoms with Crippen LogP contribution in [-0.2, 0) is 26.5 Å². The molecule has 0 atom stereocenters. The van der Waals surface area contributed by atoms with Gasteiger partial charge in [0.05, 0.1) is 0 Å². The van der Waals surface area contributed by atoms with Crippen molar-refractivity contribution in [2.45, 2.75) is 5.41 Å². The predicted octanol–water partition coefficient (Wildman–Crippen LogP) is 13.0. The van der Waals surface area contributed by atoms with Crippen molar-refractivity contribution >= 4 is 44.6 Å². The second kappa shape index (κ2) is 15.6. The van der Waals surface area contributed by atoms with E-state index in [2.05, 4.69) is 205 Å². The summed E-state index contributed by atoms with van der Waals surface area (Å²) in [6, 6.07) is 82.4. The smallest absolute Gasteiger partial charge is 0.148 e. The number of para-hydroxylation sites is 4. The zero-order valence-electron chi connectivity index (χ0n) is 32.3. The maximum atomic E-state index is 5.19. The van der Waals surface area contributed by atoms with Crippen LogP contribution in [0.25, 0.3) is 38.8 Å². The van der Waals surface area contributed by atoms with Gasteiger partial charge in [0.1, 0.15) is 22.9 Å². The van der Waals surface area contributed by atoms with Crippen LogP contribution >= 0.6 is 0 Å². The van der Waals surface area contributed by atoms with Crippen LogP contribution in [0, 0.1) is 12.1 Å².